The highest BCUT2D eigenvalue weighted by molar-refractivity contribution is 5.82. The Morgan fingerprint density at radius 2 is 1.90 bits per heavy atom. The van der Waals surface area contributed by atoms with Gasteiger partial charge in [0.15, 0.2) is 0 Å². The average molecular weight is 278 g/mol. The van der Waals surface area contributed by atoms with E-state index in [2.05, 4.69) is 31.0 Å². The van der Waals surface area contributed by atoms with Crippen molar-refractivity contribution in [3.8, 4) is 0 Å². The minimum absolute atomic E-state index is 0.113. The van der Waals surface area contributed by atoms with E-state index in [1.165, 1.54) is 32.1 Å². The second-order valence-corrected chi connectivity index (χ2v) is 8.24. The van der Waals surface area contributed by atoms with Gasteiger partial charge in [0.05, 0.1) is 6.04 Å². The number of carbonyl (C=O) groups excluding carboxylic acids is 1. The van der Waals surface area contributed by atoms with Crippen LogP contribution in [0.25, 0.3) is 0 Å². The normalized spacial score (nSPS) is 38.0. The molecule has 2 heterocycles. The van der Waals surface area contributed by atoms with Crippen LogP contribution in [0.1, 0.15) is 59.3 Å². The third-order valence-corrected chi connectivity index (χ3v) is 5.89. The summed E-state index contributed by atoms with van der Waals surface area (Å²) in [5.74, 6) is 1.81. The molecular weight excluding hydrogens is 248 g/mol. The summed E-state index contributed by atoms with van der Waals surface area (Å²) in [5.41, 5.74) is 0.326. The first-order chi connectivity index (χ1) is 9.45. The van der Waals surface area contributed by atoms with Crippen LogP contribution in [0.4, 0.5) is 0 Å². The lowest BCUT2D eigenvalue weighted by molar-refractivity contribution is -0.132. The molecule has 3 heteroatoms. The molecule has 1 N–H and O–H groups in total. The highest BCUT2D eigenvalue weighted by Gasteiger charge is 2.42. The fraction of sp³-hybridized carbons (Fsp3) is 0.941. The summed E-state index contributed by atoms with van der Waals surface area (Å²) in [6.45, 7) is 8.83. The third kappa shape index (κ3) is 2.74. The highest BCUT2D eigenvalue weighted by Crippen LogP contribution is 2.36. The third-order valence-electron chi connectivity index (χ3n) is 5.89. The van der Waals surface area contributed by atoms with Gasteiger partial charge in [0.2, 0.25) is 5.91 Å². The molecule has 0 aromatic carbocycles. The van der Waals surface area contributed by atoms with Crippen molar-refractivity contribution < 1.29 is 4.79 Å². The molecule has 3 nitrogen and oxygen atoms in total. The van der Waals surface area contributed by atoms with Crippen molar-refractivity contribution >= 4 is 5.91 Å². The number of nitrogens with one attached hydrogen (secondary N) is 1. The van der Waals surface area contributed by atoms with E-state index in [-0.39, 0.29) is 6.04 Å². The second kappa shape index (κ2) is 5.32. The van der Waals surface area contributed by atoms with E-state index in [0.717, 1.165) is 25.4 Å². The maximum absolute atomic E-state index is 12.7. The average Bonchev–Trinajstić information content (AvgIpc) is 3.04. The zero-order valence-corrected chi connectivity index (χ0v) is 13.3. The molecule has 114 valence electrons. The highest BCUT2D eigenvalue weighted by atomic mass is 16.2. The molecule has 0 aromatic rings. The van der Waals surface area contributed by atoms with Gasteiger partial charge >= 0.3 is 0 Å². The van der Waals surface area contributed by atoms with Crippen LogP contribution in [-0.4, -0.2) is 36.0 Å². The van der Waals surface area contributed by atoms with E-state index in [0.29, 0.717) is 23.3 Å². The molecule has 1 aliphatic carbocycles. The van der Waals surface area contributed by atoms with E-state index in [1.54, 1.807) is 0 Å². The molecule has 20 heavy (non-hydrogen) atoms. The summed E-state index contributed by atoms with van der Waals surface area (Å²) >= 11 is 0. The zero-order chi connectivity index (χ0) is 14.3. The summed E-state index contributed by atoms with van der Waals surface area (Å²) in [5, 5.41) is 3.63. The molecule has 3 fully saturated rings. The predicted molar refractivity (Wildman–Crippen MR) is 81.4 cm³/mol. The van der Waals surface area contributed by atoms with Crippen molar-refractivity contribution in [1.29, 1.82) is 0 Å². The van der Waals surface area contributed by atoms with Gasteiger partial charge in [0, 0.05) is 19.1 Å². The number of nitrogens with zero attached hydrogens (tertiary/aromatic N) is 1. The first kappa shape index (κ1) is 14.4. The molecule has 3 aliphatic rings. The van der Waals surface area contributed by atoms with Gasteiger partial charge in [-0.3, -0.25) is 4.79 Å². The van der Waals surface area contributed by atoms with Crippen LogP contribution in [0.2, 0.25) is 0 Å². The van der Waals surface area contributed by atoms with Crippen LogP contribution in [0.15, 0.2) is 0 Å². The number of fused-ring (bicyclic) bond motifs is 1. The Labute approximate surface area is 123 Å². The van der Waals surface area contributed by atoms with E-state index in [1.807, 2.05) is 0 Å². The second-order valence-electron chi connectivity index (χ2n) is 8.24. The Morgan fingerprint density at radius 3 is 2.55 bits per heavy atom. The van der Waals surface area contributed by atoms with E-state index < -0.39 is 0 Å². The van der Waals surface area contributed by atoms with Gasteiger partial charge in [-0.15, -0.1) is 0 Å². The maximum atomic E-state index is 12.7. The van der Waals surface area contributed by atoms with E-state index in [9.17, 15) is 4.79 Å². The summed E-state index contributed by atoms with van der Waals surface area (Å²) in [7, 11) is 0. The van der Waals surface area contributed by atoms with Crippen molar-refractivity contribution in [2.24, 2.45) is 17.3 Å². The lowest BCUT2D eigenvalue weighted by Gasteiger charge is -2.27. The number of amides is 1. The molecule has 3 rings (SSSR count). The fourth-order valence-electron chi connectivity index (χ4n) is 4.40. The van der Waals surface area contributed by atoms with Crippen molar-refractivity contribution in [3.63, 3.8) is 0 Å². The number of hydrogen-bond acceptors (Lipinski definition) is 2. The molecule has 4 unspecified atom stereocenters. The largest absolute Gasteiger partial charge is 0.341 e. The molecule has 2 aliphatic heterocycles. The monoisotopic (exact) mass is 278 g/mol. The van der Waals surface area contributed by atoms with E-state index in [4.69, 9.17) is 0 Å². The first-order valence-electron chi connectivity index (χ1n) is 8.50. The van der Waals surface area contributed by atoms with Crippen LogP contribution in [-0.2, 0) is 4.79 Å². The summed E-state index contributed by atoms with van der Waals surface area (Å²) in [4.78, 5) is 14.9. The van der Waals surface area contributed by atoms with Crippen molar-refractivity contribution in [2.45, 2.75) is 71.4 Å². The Morgan fingerprint density at radius 1 is 1.15 bits per heavy atom. The van der Waals surface area contributed by atoms with Gasteiger partial charge in [-0.2, -0.15) is 0 Å². The molecular formula is C17H30N2O. The Hall–Kier alpha value is -0.570. The topological polar surface area (TPSA) is 32.3 Å². The van der Waals surface area contributed by atoms with Crippen LogP contribution in [0.3, 0.4) is 0 Å². The molecule has 4 atom stereocenters. The van der Waals surface area contributed by atoms with Crippen molar-refractivity contribution in [1.82, 2.24) is 10.2 Å². The minimum Gasteiger partial charge on any atom is -0.341 e. The Kier molecular flexibility index (Phi) is 3.83. The molecule has 0 spiro atoms. The standard InChI is InChI=1S/C17H30N2O/c1-17(2,3)13-8-9-19(11-13)16(20)15-10-12-6-4-5-7-14(12)18-15/h12-15,18H,4-11H2,1-3H3. The fourth-order valence-corrected chi connectivity index (χ4v) is 4.40. The van der Waals surface area contributed by atoms with Gasteiger partial charge in [-0.05, 0) is 42.9 Å². The Balaban J connectivity index is 1.58. The number of hydrogen-bond donors (Lipinski definition) is 1. The lowest BCUT2D eigenvalue weighted by Crippen LogP contribution is -2.45. The van der Waals surface area contributed by atoms with Crippen LogP contribution >= 0.6 is 0 Å². The smallest absolute Gasteiger partial charge is 0.239 e. The zero-order valence-electron chi connectivity index (χ0n) is 13.3. The van der Waals surface area contributed by atoms with Gasteiger partial charge in [-0.1, -0.05) is 33.6 Å². The molecule has 1 saturated carbocycles. The van der Waals surface area contributed by atoms with Gasteiger partial charge in [0.25, 0.3) is 0 Å². The summed E-state index contributed by atoms with van der Waals surface area (Å²) in [6, 6.07) is 0.737. The summed E-state index contributed by atoms with van der Waals surface area (Å²) in [6.07, 6.45) is 7.56. The first-order valence-corrected chi connectivity index (χ1v) is 8.50. The molecule has 2 saturated heterocycles. The van der Waals surface area contributed by atoms with Crippen LogP contribution in [0, 0.1) is 17.3 Å². The molecule has 1 amide bonds. The molecule has 0 bridgehead atoms. The Bertz CT molecular complexity index is 360. The van der Waals surface area contributed by atoms with E-state index >= 15 is 0 Å². The number of carbonyl (C=O) groups is 1. The quantitative estimate of drug-likeness (QED) is 0.800. The molecule has 0 aromatic heterocycles. The van der Waals surface area contributed by atoms with Crippen molar-refractivity contribution in [2.75, 3.05) is 13.1 Å². The van der Waals surface area contributed by atoms with Crippen LogP contribution < -0.4 is 5.32 Å². The SMILES string of the molecule is CC(C)(C)C1CCN(C(=O)C2CC3CCCCC3N2)C1. The van der Waals surface area contributed by atoms with Gasteiger partial charge < -0.3 is 10.2 Å². The molecule has 0 radical (unpaired) electrons. The maximum Gasteiger partial charge on any atom is 0.239 e. The number of rotatable bonds is 1. The summed E-state index contributed by atoms with van der Waals surface area (Å²) < 4.78 is 0. The predicted octanol–water partition coefficient (Wildman–Crippen LogP) is 2.80. The van der Waals surface area contributed by atoms with Crippen molar-refractivity contribution in [3.05, 3.63) is 0 Å². The van der Waals surface area contributed by atoms with Crippen LogP contribution in [0.5, 0.6) is 0 Å². The van der Waals surface area contributed by atoms with Gasteiger partial charge in [0.1, 0.15) is 0 Å². The number of likely N-dealkylation sites (tertiary alicyclic amines) is 1. The van der Waals surface area contributed by atoms with Gasteiger partial charge in [-0.25, -0.2) is 0 Å². The minimum atomic E-state index is 0.113. The lowest BCUT2D eigenvalue weighted by atomic mass is 9.80.